The van der Waals surface area contributed by atoms with E-state index in [1.165, 1.54) is 12.1 Å². The molecule has 0 atom stereocenters. The number of fused-ring (bicyclic) bond motifs is 1. The smallest absolute Gasteiger partial charge is 0.147 e. The SMILES string of the molecule is CC(C)(C)c1cc(C=Nc2ccccc2-c2nc3c(-c4ccc(F)cc4)cccc3n2-c2ccccc2)c(O)c(C(C)(C)C)c1. The number of nitrogens with zero attached hydrogens (tertiary/aromatic N) is 3. The Bertz CT molecular complexity index is 2030. The van der Waals surface area contributed by atoms with E-state index in [9.17, 15) is 9.50 Å². The van der Waals surface area contributed by atoms with Crippen LogP contribution in [0.5, 0.6) is 5.75 Å². The molecule has 4 nitrogen and oxygen atoms in total. The lowest BCUT2D eigenvalue weighted by atomic mass is 9.79. The van der Waals surface area contributed by atoms with Crippen LogP contribution in [0.25, 0.3) is 39.2 Å². The van der Waals surface area contributed by atoms with Crippen molar-refractivity contribution >= 4 is 22.9 Å². The topological polar surface area (TPSA) is 50.4 Å². The second kappa shape index (κ2) is 11.5. The Morgan fingerprint density at radius 2 is 1.40 bits per heavy atom. The van der Waals surface area contributed by atoms with Crippen LogP contribution in [0.15, 0.2) is 114 Å². The lowest BCUT2D eigenvalue weighted by Gasteiger charge is -2.27. The Balaban J connectivity index is 1.55. The van der Waals surface area contributed by atoms with Crippen LogP contribution >= 0.6 is 0 Å². The van der Waals surface area contributed by atoms with Crippen molar-refractivity contribution in [2.75, 3.05) is 0 Å². The molecule has 0 fully saturated rings. The third kappa shape index (κ3) is 5.91. The molecule has 0 saturated carbocycles. The molecule has 5 aromatic carbocycles. The molecule has 1 N–H and O–H groups in total. The van der Waals surface area contributed by atoms with Gasteiger partial charge >= 0.3 is 0 Å². The summed E-state index contributed by atoms with van der Waals surface area (Å²) in [5, 5.41) is 11.4. The zero-order chi connectivity index (χ0) is 31.9. The molecule has 0 saturated heterocycles. The molecule has 45 heavy (non-hydrogen) atoms. The van der Waals surface area contributed by atoms with E-state index in [-0.39, 0.29) is 22.4 Å². The van der Waals surface area contributed by atoms with E-state index in [1.54, 1.807) is 18.3 Å². The minimum Gasteiger partial charge on any atom is -0.507 e. The molecule has 0 aliphatic heterocycles. The normalized spacial score (nSPS) is 12.3. The van der Waals surface area contributed by atoms with E-state index < -0.39 is 0 Å². The highest BCUT2D eigenvalue weighted by molar-refractivity contribution is 5.97. The van der Waals surface area contributed by atoms with Gasteiger partial charge in [-0.15, -0.1) is 0 Å². The Morgan fingerprint density at radius 3 is 2.09 bits per heavy atom. The van der Waals surface area contributed by atoms with E-state index in [1.807, 2.05) is 60.7 Å². The number of benzene rings is 5. The number of phenols is 1. The van der Waals surface area contributed by atoms with Gasteiger partial charge in [-0.25, -0.2) is 9.37 Å². The number of hydrogen-bond donors (Lipinski definition) is 1. The van der Waals surface area contributed by atoms with Crippen LogP contribution in [0.4, 0.5) is 10.1 Å². The number of hydrogen-bond acceptors (Lipinski definition) is 3. The molecule has 0 spiro atoms. The summed E-state index contributed by atoms with van der Waals surface area (Å²) in [7, 11) is 0. The molecular weight excluding hydrogens is 557 g/mol. The van der Waals surface area contributed by atoms with Gasteiger partial charge < -0.3 is 5.11 Å². The molecule has 6 aromatic rings. The minimum absolute atomic E-state index is 0.100. The molecule has 226 valence electrons. The van der Waals surface area contributed by atoms with Gasteiger partial charge in [-0.2, -0.15) is 0 Å². The summed E-state index contributed by atoms with van der Waals surface area (Å²) in [6, 6.07) is 34.8. The highest BCUT2D eigenvalue weighted by Gasteiger charge is 2.25. The second-order valence-electron chi connectivity index (χ2n) is 13.5. The van der Waals surface area contributed by atoms with Gasteiger partial charge in [0.1, 0.15) is 17.4 Å². The van der Waals surface area contributed by atoms with Crippen molar-refractivity contribution in [3.05, 3.63) is 132 Å². The fraction of sp³-hybridized carbons (Fsp3) is 0.200. The van der Waals surface area contributed by atoms with E-state index in [4.69, 9.17) is 9.98 Å². The average Bonchev–Trinajstić information content (AvgIpc) is 3.40. The molecule has 0 radical (unpaired) electrons. The first-order valence-electron chi connectivity index (χ1n) is 15.3. The molecule has 0 unspecified atom stereocenters. The second-order valence-corrected chi connectivity index (χ2v) is 13.5. The van der Waals surface area contributed by atoms with Gasteiger partial charge in [0.25, 0.3) is 0 Å². The maximum Gasteiger partial charge on any atom is 0.147 e. The molecule has 1 heterocycles. The van der Waals surface area contributed by atoms with E-state index in [0.717, 1.165) is 56.0 Å². The van der Waals surface area contributed by atoms with Crippen LogP contribution < -0.4 is 0 Å². The first kappa shape index (κ1) is 30.0. The van der Waals surface area contributed by atoms with Gasteiger partial charge in [0, 0.05) is 34.2 Å². The number of para-hydroxylation sites is 3. The van der Waals surface area contributed by atoms with Crippen LogP contribution in [-0.2, 0) is 10.8 Å². The Labute approximate surface area is 264 Å². The van der Waals surface area contributed by atoms with Gasteiger partial charge in [-0.3, -0.25) is 9.56 Å². The van der Waals surface area contributed by atoms with Gasteiger partial charge in [-0.05, 0) is 70.5 Å². The monoisotopic (exact) mass is 595 g/mol. The van der Waals surface area contributed by atoms with Gasteiger partial charge in [0.2, 0.25) is 0 Å². The molecule has 1 aromatic heterocycles. The highest BCUT2D eigenvalue weighted by atomic mass is 19.1. The lowest BCUT2D eigenvalue weighted by molar-refractivity contribution is 0.444. The minimum atomic E-state index is -0.276. The zero-order valence-electron chi connectivity index (χ0n) is 26.6. The number of halogens is 1. The molecule has 0 aliphatic carbocycles. The molecule has 0 aliphatic rings. The average molecular weight is 596 g/mol. The number of aromatic hydroxyl groups is 1. The summed E-state index contributed by atoms with van der Waals surface area (Å²) >= 11 is 0. The fourth-order valence-electron chi connectivity index (χ4n) is 5.66. The maximum absolute atomic E-state index is 13.8. The summed E-state index contributed by atoms with van der Waals surface area (Å²) in [4.78, 5) is 10.2. The third-order valence-corrected chi connectivity index (χ3v) is 8.16. The quantitative estimate of drug-likeness (QED) is 0.202. The van der Waals surface area contributed by atoms with Crippen LogP contribution in [0.1, 0.15) is 58.2 Å². The van der Waals surface area contributed by atoms with Gasteiger partial charge in [0.05, 0.1) is 16.7 Å². The van der Waals surface area contributed by atoms with E-state index in [0.29, 0.717) is 5.56 Å². The van der Waals surface area contributed by atoms with Crippen molar-refractivity contribution in [3.8, 4) is 34.0 Å². The summed E-state index contributed by atoms with van der Waals surface area (Å²) in [5.74, 6) is 0.709. The molecule has 0 amide bonds. The van der Waals surface area contributed by atoms with Crippen LogP contribution in [-0.4, -0.2) is 20.9 Å². The third-order valence-electron chi connectivity index (χ3n) is 8.16. The summed E-state index contributed by atoms with van der Waals surface area (Å²) in [5.41, 5.74) is 8.47. The number of imidazole rings is 1. The van der Waals surface area contributed by atoms with Crippen LogP contribution in [0, 0.1) is 5.82 Å². The molecular formula is C40H38FN3O. The lowest BCUT2D eigenvalue weighted by Crippen LogP contribution is -2.17. The number of aliphatic imine (C=N–C) groups is 1. The van der Waals surface area contributed by atoms with E-state index >= 15 is 0 Å². The van der Waals surface area contributed by atoms with Crippen molar-refractivity contribution in [1.82, 2.24) is 9.55 Å². The van der Waals surface area contributed by atoms with Crippen molar-refractivity contribution in [3.63, 3.8) is 0 Å². The van der Waals surface area contributed by atoms with Crippen molar-refractivity contribution < 1.29 is 9.50 Å². The Hall–Kier alpha value is -5.03. The fourth-order valence-corrected chi connectivity index (χ4v) is 5.66. The Morgan fingerprint density at radius 1 is 0.733 bits per heavy atom. The standard InChI is InChI=1S/C40H38FN3O/c1-39(2,3)28-23-27(37(45)33(24-28)40(4,5)6)25-42-34-17-11-10-15-32(34)38-43-36-31(26-19-21-29(41)22-20-26)16-12-18-35(36)44(38)30-13-8-7-9-14-30/h7-25,45H,1-6H3. The summed E-state index contributed by atoms with van der Waals surface area (Å²) in [6.45, 7) is 12.9. The van der Waals surface area contributed by atoms with Crippen LogP contribution in [0.2, 0.25) is 0 Å². The van der Waals surface area contributed by atoms with Crippen molar-refractivity contribution in [2.24, 2.45) is 4.99 Å². The predicted octanol–water partition coefficient (Wildman–Crippen LogP) is 10.5. The first-order chi connectivity index (χ1) is 21.4. The highest BCUT2D eigenvalue weighted by Crippen LogP contribution is 2.39. The summed E-state index contributed by atoms with van der Waals surface area (Å²) in [6.07, 6.45) is 1.76. The number of phenolic OH excluding ortho intramolecular Hbond substituents is 1. The first-order valence-corrected chi connectivity index (χ1v) is 15.3. The summed E-state index contributed by atoms with van der Waals surface area (Å²) < 4.78 is 15.9. The molecule has 0 bridgehead atoms. The van der Waals surface area contributed by atoms with Gasteiger partial charge in [0.15, 0.2) is 0 Å². The number of rotatable bonds is 5. The largest absolute Gasteiger partial charge is 0.507 e. The van der Waals surface area contributed by atoms with Crippen LogP contribution in [0.3, 0.4) is 0 Å². The Kier molecular flexibility index (Phi) is 7.65. The van der Waals surface area contributed by atoms with E-state index in [2.05, 4.69) is 70.4 Å². The van der Waals surface area contributed by atoms with Crippen molar-refractivity contribution in [2.45, 2.75) is 52.4 Å². The van der Waals surface area contributed by atoms with Crippen molar-refractivity contribution in [1.29, 1.82) is 0 Å². The zero-order valence-corrected chi connectivity index (χ0v) is 26.6. The predicted molar refractivity (Wildman–Crippen MR) is 185 cm³/mol. The maximum atomic E-state index is 13.8. The number of aromatic nitrogens is 2. The molecule has 6 rings (SSSR count). The molecule has 5 heteroatoms. The van der Waals surface area contributed by atoms with Gasteiger partial charge in [-0.1, -0.05) is 102 Å².